The van der Waals surface area contributed by atoms with E-state index in [1.54, 1.807) is 18.2 Å². The highest BCUT2D eigenvalue weighted by molar-refractivity contribution is 6.04. The summed E-state index contributed by atoms with van der Waals surface area (Å²) in [7, 11) is 0. The molecule has 1 aromatic heterocycles. The molecule has 1 saturated carbocycles. The van der Waals surface area contributed by atoms with Gasteiger partial charge < -0.3 is 9.25 Å². The third-order valence-electron chi connectivity index (χ3n) is 4.74. The topological polar surface area (TPSA) is 51.8 Å². The van der Waals surface area contributed by atoms with E-state index < -0.39 is 5.97 Å². The highest BCUT2D eigenvalue weighted by Gasteiger charge is 2.43. The molecule has 5 heteroatoms. The van der Waals surface area contributed by atoms with Crippen molar-refractivity contribution in [2.75, 3.05) is 0 Å². The summed E-state index contributed by atoms with van der Waals surface area (Å²) in [6.45, 7) is 2.05. The normalized spacial score (nSPS) is 19.0. The van der Waals surface area contributed by atoms with Crippen molar-refractivity contribution in [3.05, 3.63) is 95.2 Å². The Labute approximate surface area is 156 Å². The van der Waals surface area contributed by atoms with Gasteiger partial charge in [0, 0.05) is 5.92 Å². The number of benzene rings is 2. The second-order valence-electron chi connectivity index (χ2n) is 6.70. The minimum Gasteiger partial charge on any atom is -0.457 e. The van der Waals surface area contributed by atoms with Crippen LogP contribution in [0.25, 0.3) is 0 Å². The summed E-state index contributed by atoms with van der Waals surface area (Å²) >= 11 is 0. The van der Waals surface area contributed by atoms with Gasteiger partial charge in [0.15, 0.2) is 0 Å². The molecule has 1 aliphatic rings. The first-order chi connectivity index (χ1) is 13.1. The van der Waals surface area contributed by atoms with Crippen molar-refractivity contribution in [3.8, 4) is 0 Å². The largest absolute Gasteiger partial charge is 0.457 e. The molecular weight excluding hydrogens is 345 g/mol. The maximum absolute atomic E-state index is 13.3. The maximum Gasteiger partial charge on any atom is 0.400 e. The molecule has 1 heterocycles. The molecule has 0 bridgehead atoms. The Hall–Kier alpha value is -3.21. The second-order valence-corrected chi connectivity index (χ2v) is 6.70. The quantitative estimate of drug-likeness (QED) is 0.360. The van der Waals surface area contributed by atoms with Crippen molar-refractivity contribution in [2.24, 2.45) is 11.1 Å². The van der Waals surface area contributed by atoms with Crippen LogP contribution in [0.15, 0.2) is 76.5 Å². The van der Waals surface area contributed by atoms with E-state index in [1.807, 2.05) is 6.92 Å². The monoisotopic (exact) mass is 363 g/mol. The lowest BCUT2D eigenvalue weighted by molar-refractivity contribution is 0.0479. The first-order valence-electron chi connectivity index (χ1n) is 8.77. The van der Waals surface area contributed by atoms with Crippen molar-refractivity contribution in [3.63, 3.8) is 0 Å². The summed E-state index contributed by atoms with van der Waals surface area (Å²) < 4.78 is 18.3. The summed E-state index contributed by atoms with van der Waals surface area (Å²) in [5.74, 6) is -0.480. The lowest BCUT2D eigenvalue weighted by Crippen LogP contribution is -2.09. The Balaban J connectivity index is 1.59. The number of nitrogens with zero attached hydrogens (tertiary/aromatic N) is 1. The maximum atomic E-state index is 13.3. The minimum atomic E-state index is -0.660. The molecule has 1 fully saturated rings. The fraction of sp³-hybridized carbons (Fsp3) is 0.182. The number of aryl methyl sites for hydroxylation is 1. The molecule has 0 radical (unpaired) electrons. The zero-order chi connectivity index (χ0) is 18.8. The highest BCUT2D eigenvalue weighted by atomic mass is 19.1. The van der Waals surface area contributed by atoms with Crippen LogP contribution in [0.1, 0.15) is 39.6 Å². The van der Waals surface area contributed by atoms with Crippen molar-refractivity contribution in [1.29, 1.82) is 0 Å². The van der Waals surface area contributed by atoms with Crippen LogP contribution in [-0.2, 0) is 4.84 Å². The van der Waals surface area contributed by atoms with E-state index >= 15 is 0 Å². The van der Waals surface area contributed by atoms with Gasteiger partial charge in [0.2, 0.25) is 5.76 Å². The zero-order valence-corrected chi connectivity index (χ0v) is 14.8. The van der Waals surface area contributed by atoms with Gasteiger partial charge in [-0.3, -0.25) is 0 Å². The Morgan fingerprint density at radius 2 is 1.85 bits per heavy atom. The molecule has 2 aromatic carbocycles. The van der Waals surface area contributed by atoms with Gasteiger partial charge in [-0.15, -0.1) is 0 Å². The molecular formula is C22H18FNO3. The molecule has 3 aromatic rings. The Morgan fingerprint density at radius 3 is 2.52 bits per heavy atom. The highest BCUT2D eigenvalue weighted by Crippen LogP contribution is 2.49. The van der Waals surface area contributed by atoms with Crippen molar-refractivity contribution in [2.45, 2.75) is 19.3 Å². The molecule has 2 atom stereocenters. The number of oxime groups is 1. The fourth-order valence-electron chi connectivity index (χ4n) is 3.16. The summed E-state index contributed by atoms with van der Waals surface area (Å²) in [4.78, 5) is 17.1. The molecule has 2 unspecified atom stereocenters. The van der Waals surface area contributed by atoms with Gasteiger partial charge in [0.25, 0.3) is 0 Å². The lowest BCUT2D eigenvalue weighted by atomic mass is 10.0. The van der Waals surface area contributed by atoms with E-state index in [0.29, 0.717) is 11.6 Å². The van der Waals surface area contributed by atoms with E-state index in [2.05, 4.69) is 29.4 Å². The number of hydrogen-bond donors (Lipinski definition) is 0. The van der Waals surface area contributed by atoms with Gasteiger partial charge in [-0.25, -0.2) is 9.18 Å². The SMILES string of the molecule is Cc1ccc(C2CC2C(=NOC(=O)c2ccco2)c2ccc(F)cc2)cc1. The van der Waals surface area contributed by atoms with Crippen LogP contribution in [0, 0.1) is 18.7 Å². The van der Waals surface area contributed by atoms with E-state index in [-0.39, 0.29) is 17.5 Å². The number of carbonyl (C=O) groups is 1. The first-order valence-corrected chi connectivity index (χ1v) is 8.77. The molecule has 0 aliphatic heterocycles. The van der Waals surface area contributed by atoms with Crippen LogP contribution >= 0.6 is 0 Å². The number of rotatable bonds is 5. The molecule has 0 saturated heterocycles. The second kappa shape index (κ2) is 7.19. The fourth-order valence-corrected chi connectivity index (χ4v) is 3.16. The van der Waals surface area contributed by atoms with Gasteiger partial charge in [-0.1, -0.05) is 47.1 Å². The van der Waals surface area contributed by atoms with Crippen LogP contribution in [0.5, 0.6) is 0 Å². The molecule has 0 amide bonds. The average Bonchev–Trinajstić information content (AvgIpc) is 3.25. The van der Waals surface area contributed by atoms with Crippen molar-refractivity contribution in [1.82, 2.24) is 0 Å². The van der Waals surface area contributed by atoms with E-state index in [0.717, 1.165) is 12.0 Å². The van der Waals surface area contributed by atoms with E-state index in [9.17, 15) is 9.18 Å². The summed E-state index contributed by atoms with van der Waals surface area (Å²) in [6, 6.07) is 17.6. The lowest BCUT2D eigenvalue weighted by Gasteiger charge is -2.07. The van der Waals surface area contributed by atoms with Gasteiger partial charge in [-0.05, 0) is 54.7 Å². The number of hydrogen-bond acceptors (Lipinski definition) is 4. The Bertz CT molecular complexity index is 960. The van der Waals surface area contributed by atoms with E-state index in [4.69, 9.17) is 9.25 Å². The van der Waals surface area contributed by atoms with Crippen molar-refractivity contribution < 1.29 is 18.4 Å². The van der Waals surface area contributed by atoms with Crippen LogP contribution in [0.3, 0.4) is 0 Å². The third-order valence-corrected chi connectivity index (χ3v) is 4.74. The molecule has 0 N–H and O–H groups in total. The predicted molar refractivity (Wildman–Crippen MR) is 99.1 cm³/mol. The summed E-state index contributed by atoms with van der Waals surface area (Å²) in [5.41, 5.74) is 3.80. The van der Waals surface area contributed by atoms with Crippen LogP contribution in [-0.4, -0.2) is 11.7 Å². The smallest absolute Gasteiger partial charge is 0.400 e. The first kappa shape index (κ1) is 17.2. The summed E-state index contributed by atoms with van der Waals surface area (Å²) in [5, 5.41) is 4.12. The molecule has 4 nitrogen and oxygen atoms in total. The molecule has 4 rings (SSSR count). The third kappa shape index (κ3) is 3.82. The summed E-state index contributed by atoms with van der Waals surface area (Å²) in [6.07, 6.45) is 2.30. The van der Waals surface area contributed by atoms with Gasteiger partial charge in [-0.2, -0.15) is 0 Å². The number of carbonyl (C=O) groups excluding carboxylic acids is 1. The molecule has 136 valence electrons. The van der Waals surface area contributed by atoms with E-state index in [1.165, 1.54) is 35.6 Å². The predicted octanol–water partition coefficient (Wildman–Crippen LogP) is 5.09. The Kier molecular flexibility index (Phi) is 4.59. The number of halogens is 1. The molecule has 0 spiro atoms. The minimum absolute atomic E-state index is 0.0862. The van der Waals surface area contributed by atoms with Crippen molar-refractivity contribution >= 4 is 11.7 Å². The van der Waals surface area contributed by atoms with Gasteiger partial charge in [0.1, 0.15) is 5.82 Å². The molecule has 27 heavy (non-hydrogen) atoms. The average molecular weight is 363 g/mol. The van der Waals surface area contributed by atoms with Crippen LogP contribution < -0.4 is 0 Å². The Morgan fingerprint density at radius 1 is 1.11 bits per heavy atom. The van der Waals surface area contributed by atoms with Gasteiger partial charge in [0.05, 0.1) is 12.0 Å². The van der Waals surface area contributed by atoms with Crippen LogP contribution in [0.2, 0.25) is 0 Å². The van der Waals surface area contributed by atoms with Gasteiger partial charge >= 0.3 is 5.97 Å². The number of furan rings is 1. The standard InChI is InChI=1S/C22H18FNO3/c1-14-4-6-15(7-5-14)18-13-19(18)21(16-8-10-17(23)11-9-16)24-27-22(25)20-3-2-12-26-20/h2-12,18-19H,13H2,1H3. The van der Waals surface area contributed by atoms with Crippen LogP contribution in [0.4, 0.5) is 4.39 Å². The molecule has 1 aliphatic carbocycles. The zero-order valence-electron chi connectivity index (χ0n) is 14.8.